The van der Waals surface area contributed by atoms with Gasteiger partial charge in [0.2, 0.25) is 0 Å². The first-order chi connectivity index (χ1) is 12.3. The minimum absolute atomic E-state index is 0.0167. The van der Waals surface area contributed by atoms with E-state index in [4.69, 9.17) is 0 Å². The second-order valence-corrected chi connectivity index (χ2v) is 5.87. The predicted molar refractivity (Wildman–Crippen MR) is 91.0 cm³/mol. The summed E-state index contributed by atoms with van der Waals surface area (Å²) in [5.74, 6) is -0.792. The summed E-state index contributed by atoms with van der Waals surface area (Å²) < 4.78 is 41.7. The minimum Gasteiger partial charge on any atom is -0.337 e. The van der Waals surface area contributed by atoms with E-state index in [1.165, 1.54) is 36.4 Å². The monoisotopic (exact) mass is 359 g/mol. The van der Waals surface area contributed by atoms with E-state index in [2.05, 4.69) is 10.4 Å². The van der Waals surface area contributed by atoms with Crippen molar-refractivity contribution in [3.8, 4) is 5.69 Å². The highest BCUT2D eigenvalue weighted by Crippen LogP contribution is 2.32. The average Bonchev–Trinajstić information content (AvgIpc) is 3.06. The van der Waals surface area contributed by atoms with Crippen LogP contribution in [0.4, 0.5) is 13.2 Å². The van der Waals surface area contributed by atoms with Gasteiger partial charge >= 0.3 is 6.18 Å². The van der Waals surface area contributed by atoms with Crippen molar-refractivity contribution in [2.75, 3.05) is 0 Å². The first-order valence-electron chi connectivity index (χ1n) is 7.89. The molecule has 4 nitrogen and oxygen atoms in total. The van der Waals surface area contributed by atoms with Crippen LogP contribution >= 0.6 is 0 Å². The normalized spacial score (nSPS) is 12.6. The van der Waals surface area contributed by atoms with Crippen LogP contribution in [0, 0.1) is 6.92 Å². The fraction of sp³-hybridized carbons (Fsp3) is 0.158. The van der Waals surface area contributed by atoms with Crippen molar-refractivity contribution in [3.05, 3.63) is 83.7 Å². The first-order valence-corrected chi connectivity index (χ1v) is 7.89. The van der Waals surface area contributed by atoms with E-state index in [-0.39, 0.29) is 11.1 Å². The third-order valence-electron chi connectivity index (χ3n) is 3.84. The highest BCUT2D eigenvalue weighted by atomic mass is 19.4. The van der Waals surface area contributed by atoms with Crippen molar-refractivity contribution in [1.82, 2.24) is 15.1 Å². The van der Waals surface area contributed by atoms with Gasteiger partial charge in [0.05, 0.1) is 11.9 Å². The molecule has 0 spiro atoms. The zero-order chi connectivity index (χ0) is 18.7. The number of hydrogen-bond acceptors (Lipinski definition) is 2. The second-order valence-electron chi connectivity index (χ2n) is 5.87. The number of amides is 1. The van der Waals surface area contributed by atoms with Gasteiger partial charge in [0.25, 0.3) is 5.91 Å². The molecule has 1 unspecified atom stereocenters. The topological polar surface area (TPSA) is 46.9 Å². The maximum Gasteiger partial charge on any atom is 0.412 e. The zero-order valence-corrected chi connectivity index (χ0v) is 13.9. The van der Waals surface area contributed by atoms with Crippen molar-refractivity contribution in [2.24, 2.45) is 0 Å². The largest absolute Gasteiger partial charge is 0.412 e. The molecule has 2 aromatic carbocycles. The minimum atomic E-state index is -4.59. The molecule has 1 amide bonds. The lowest BCUT2D eigenvalue weighted by molar-refractivity contribution is -0.155. The molecule has 3 rings (SSSR count). The first kappa shape index (κ1) is 17.7. The van der Waals surface area contributed by atoms with Crippen LogP contribution in [0.1, 0.15) is 27.5 Å². The molecule has 26 heavy (non-hydrogen) atoms. The number of rotatable bonds is 4. The Bertz CT molecular complexity index is 886. The van der Waals surface area contributed by atoms with Gasteiger partial charge in [-0.25, -0.2) is 4.68 Å². The maximum absolute atomic E-state index is 13.3. The Kier molecular flexibility index (Phi) is 4.79. The third-order valence-corrected chi connectivity index (χ3v) is 3.84. The van der Waals surface area contributed by atoms with Crippen molar-refractivity contribution in [3.63, 3.8) is 0 Å². The lowest BCUT2D eigenvalue weighted by Crippen LogP contribution is -2.38. The Morgan fingerprint density at radius 1 is 1.08 bits per heavy atom. The van der Waals surface area contributed by atoms with Gasteiger partial charge in [-0.15, -0.1) is 0 Å². The van der Waals surface area contributed by atoms with Crippen molar-refractivity contribution in [1.29, 1.82) is 0 Å². The Morgan fingerprint density at radius 2 is 1.73 bits per heavy atom. The molecule has 134 valence electrons. The van der Waals surface area contributed by atoms with Crippen molar-refractivity contribution < 1.29 is 18.0 Å². The number of aryl methyl sites for hydroxylation is 1. The Labute approximate surface area is 148 Å². The quantitative estimate of drug-likeness (QED) is 0.758. The molecule has 0 aliphatic heterocycles. The summed E-state index contributed by atoms with van der Waals surface area (Å²) in [5.41, 5.74) is 1.81. The van der Waals surface area contributed by atoms with Gasteiger partial charge in [0, 0.05) is 11.8 Å². The maximum atomic E-state index is 13.3. The summed E-state index contributed by atoms with van der Waals surface area (Å²) in [6.45, 7) is 1.90. The van der Waals surface area contributed by atoms with Gasteiger partial charge in [0.1, 0.15) is 0 Å². The molecule has 1 N–H and O–H groups in total. The summed E-state index contributed by atoms with van der Waals surface area (Å²) in [6.07, 6.45) is -1.10. The molecule has 0 radical (unpaired) electrons. The number of aromatic nitrogens is 2. The van der Waals surface area contributed by atoms with Crippen LogP contribution in [0.15, 0.2) is 67.0 Å². The van der Waals surface area contributed by atoms with Crippen LogP contribution < -0.4 is 5.32 Å². The number of halogens is 3. The molecular weight excluding hydrogens is 343 g/mol. The van der Waals surface area contributed by atoms with Gasteiger partial charge < -0.3 is 5.32 Å². The van der Waals surface area contributed by atoms with E-state index in [9.17, 15) is 18.0 Å². The van der Waals surface area contributed by atoms with Gasteiger partial charge in [-0.1, -0.05) is 30.3 Å². The summed E-state index contributed by atoms with van der Waals surface area (Å²) >= 11 is 0. The van der Waals surface area contributed by atoms with E-state index >= 15 is 0 Å². The molecule has 3 aromatic rings. The van der Waals surface area contributed by atoms with Gasteiger partial charge in [-0.2, -0.15) is 18.3 Å². The van der Waals surface area contributed by atoms with Crippen LogP contribution in [-0.4, -0.2) is 21.9 Å². The standard InChI is InChI=1S/C19H16F3N3O/c1-13-11-23-25(12-13)16-9-7-15(8-10-16)18(26)24-17(19(20,21)22)14-5-3-2-4-6-14/h2-12,17H,1H3,(H,24,26). The van der Waals surface area contributed by atoms with Crippen LogP contribution in [0.3, 0.4) is 0 Å². The molecule has 7 heteroatoms. The zero-order valence-electron chi connectivity index (χ0n) is 13.9. The number of nitrogens with one attached hydrogen (secondary N) is 1. The summed E-state index contributed by atoms with van der Waals surface area (Å²) in [7, 11) is 0. The number of carbonyl (C=O) groups is 1. The van der Waals surface area contributed by atoms with Crippen LogP contribution in [0.2, 0.25) is 0 Å². The van der Waals surface area contributed by atoms with Crippen LogP contribution in [0.5, 0.6) is 0 Å². The van der Waals surface area contributed by atoms with Crippen molar-refractivity contribution >= 4 is 5.91 Å². The number of benzene rings is 2. The Hall–Kier alpha value is -3.09. The molecule has 0 aliphatic rings. The summed E-state index contributed by atoms with van der Waals surface area (Å²) in [4.78, 5) is 12.3. The molecule has 0 fully saturated rings. The SMILES string of the molecule is Cc1cnn(-c2ccc(C(=O)NC(c3ccccc3)C(F)(F)F)cc2)c1. The number of alkyl halides is 3. The summed E-state index contributed by atoms with van der Waals surface area (Å²) in [5, 5.41) is 6.21. The second kappa shape index (κ2) is 7.03. The molecule has 1 aromatic heterocycles. The van der Waals surface area contributed by atoms with Crippen LogP contribution in [-0.2, 0) is 0 Å². The van der Waals surface area contributed by atoms with Crippen LogP contribution in [0.25, 0.3) is 5.69 Å². The van der Waals surface area contributed by atoms with Gasteiger partial charge in [-0.05, 0) is 42.3 Å². The molecule has 1 atom stereocenters. The summed E-state index contributed by atoms with van der Waals surface area (Å²) in [6, 6.07) is 11.4. The number of nitrogens with zero attached hydrogens (tertiary/aromatic N) is 2. The predicted octanol–water partition coefficient (Wildman–Crippen LogP) is 4.21. The Morgan fingerprint density at radius 3 is 2.27 bits per heavy atom. The molecule has 0 bridgehead atoms. The fourth-order valence-corrected chi connectivity index (χ4v) is 2.53. The molecule has 0 saturated heterocycles. The Balaban J connectivity index is 1.79. The molecule has 1 heterocycles. The van der Waals surface area contributed by atoms with Crippen molar-refractivity contribution in [2.45, 2.75) is 19.1 Å². The van der Waals surface area contributed by atoms with E-state index in [0.717, 1.165) is 5.56 Å². The highest BCUT2D eigenvalue weighted by molar-refractivity contribution is 5.94. The number of hydrogen-bond donors (Lipinski definition) is 1. The molecular formula is C19H16F3N3O. The number of carbonyl (C=O) groups excluding carboxylic acids is 1. The molecule has 0 aliphatic carbocycles. The fourth-order valence-electron chi connectivity index (χ4n) is 2.53. The molecule has 0 saturated carbocycles. The third kappa shape index (κ3) is 3.93. The van der Waals surface area contributed by atoms with E-state index in [1.54, 1.807) is 29.1 Å². The average molecular weight is 359 g/mol. The van der Waals surface area contributed by atoms with Gasteiger partial charge in [-0.3, -0.25) is 4.79 Å². The van der Waals surface area contributed by atoms with E-state index < -0.39 is 18.1 Å². The van der Waals surface area contributed by atoms with E-state index in [0.29, 0.717) is 5.69 Å². The van der Waals surface area contributed by atoms with E-state index in [1.807, 2.05) is 13.1 Å². The lowest BCUT2D eigenvalue weighted by Gasteiger charge is -2.22. The van der Waals surface area contributed by atoms with Gasteiger partial charge in [0.15, 0.2) is 6.04 Å². The highest BCUT2D eigenvalue weighted by Gasteiger charge is 2.41. The lowest BCUT2D eigenvalue weighted by atomic mass is 10.1. The smallest absolute Gasteiger partial charge is 0.337 e.